The first-order valence-electron chi connectivity index (χ1n) is 10.1. The SMILES string of the molecule is Cc1cc2c(C)c(C(=O)N3CCCC3)oc2c(S(=O)(=O)NC2CCCC2)c1C. The van der Waals surface area contributed by atoms with E-state index in [1.807, 2.05) is 19.9 Å². The Hall–Kier alpha value is -1.86. The lowest BCUT2D eigenvalue weighted by atomic mass is 10.0. The average molecular weight is 405 g/mol. The van der Waals surface area contributed by atoms with Gasteiger partial charge < -0.3 is 9.32 Å². The lowest BCUT2D eigenvalue weighted by Gasteiger charge is -2.15. The molecule has 0 spiro atoms. The minimum Gasteiger partial charge on any atom is -0.449 e. The second-order valence-corrected chi connectivity index (χ2v) is 9.83. The molecule has 7 heteroatoms. The molecule has 1 saturated heterocycles. The van der Waals surface area contributed by atoms with Crippen molar-refractivity contribution in [2.24, 2.45) is 0 Å². The Balaban J connectivity index is 1.84. The Morgan fingerprint density at radius 2 is 1.71 bits per heavy atom. The summed E-state index contributed by atoms with van der Waals surface area (Å²) < 4.78 is 35.4. The summed E-state index contributed by atoms with van der Waals surface area (Å²) in [5, 5.41) is 0.706. The van der Waals surface area contributed by atoms with Gasteiger partial charge in [0.05, 0.1) is 0 Å². The fourth-order valence-corrected chi connectivity index (χ4v) is 6.21. The van der Waals surface area contributed by atoms with Gasteiger partial charge in [-0.3, -0.25) is 4.79 Å². The van der Waals surface area contributed by atoms with Crippen LogP contribution in [0.1, 0.15) is 65.8 Å². The number of carbonyl (C=O) groups is 1. The van der Waals surface area contributed by atoms with Gasteiger partial charge in [-0.25, -0.2) is 13.1 Å². The number of hydrogen-bond donors (Lipinski definition) is 1. The molecular weight excluding hydrogens is 376 g/mol. The molecule has 0 bridgehead atoms. The largest absolute Gasteiger partial charge is 0.449 e. The summed E-state index contributed by atoms with van der Waals surface area (Å²) in [6.45, 7) is 6.99. The molecule has 2 fully saturated rings. The molecule has 1 amide bonds. The summed E-state index contributed by atoms with van der Waals surface area (Å²) in [6.07, 6.45) is 5.81. The Labute approximate surface area is 166 Å². The van der Waals surface area contributed by atoms with Crippen molar-refractivity contribution in [3.63, 3.8) is 0 Å². The zero-order valence-corrected chi connectivity index (χ0v) is 17.6. The third-order valence-corrected chi connectivity index (χ3v) is 7.90. The Morgan fingerprint density at radius 3 is 2.36 bits per heavy atom. The summed E-state index contributed by atoms with van der Waals surface area (Å²) in [6, 6.07) is 1.90. The van der Waals surface area contributed by atoms with Crippen molar-refractivity contribution in [1.82, 2.24) is 9.62 Å². The first-order valence-corrected chi connectivity index (χ1v) is 11.6. The number of hydrogen-bond acceptors (Lipinski definition) is 4. The van der Waals surface area contributed by atoms with E-state index in [-0.39, 0.29) is 22.6 Å². The van der Waals surface area contributed by atoms with Gasteiger partial charge in [0.1, 0.15) is 4.90 Å². The molecule has 1 N–H and O–H groups in total. The normalized spacial score (nSPS) is 18.5. The first kappa shape index (κ1) is 19.5. The summed E-state index contributed by atoms with van der Waals surface area (Å²) in [4.78, 5) is 14.9. The van der Waals surface area contributed by atoms with Crippen molar-refractivity contribution in [1.29, 1.82) is 0 Å². The third-order valence-electron chi connectivity index (χ3n) is 6.23. The third kappa shape index (κ3) is 3.24. The highest BCUT2D eigenvalue weighted by molar-refractivity contribution is 7.89. The molecular formula is C21H28N2O4S. The molecule has 1 aliphatic carbocycles. The van der Waals surface area contributed by atoms with Crippen LogP contribution in [0.4, 0.5) is 0 Å². The van der Waals surface area contributed by atoms with Gasteiger partial charge in [0.15, 0.2) is 11.3 Å². The summed E-state index contributed by atoms with van der Waals surface area (Å²) in [5.41, 5.74) is 2.57. The lowest BCUT2D eigenvalue weighted by molar-refractivity contribution is 0.0762. The quantitative estimate of drug-likeness (QED) is 0.840. The van der Waals surface area contributed by atoms with Crippen molar-refractivity contribution < 1.29 is 17.6 Å². The van der Waals surface area contributed by atoms with Crippen molar-refractivity contribution >= 4 is 26.9 Å². The molecule has 0 atom stereocenters. The van der Waals surface area contributed by atoms with Gasteiger partial charge in [0.2, 0.25) is 10.0 Å². The maximum atomic E-state index is 13.3. The van der Waals surface area contributed by atoms with Crippen molar-refractivity contribution in [2.75, 3.05) is 13.1 Å². The minimum atomic E-state index is -3.74. The number of likely N-dealkylation sites (tertiary alicyclic amines) is 1. The Morgan fingerprint density at radius 1 is 1.07 bits per heavy atom. The number of benzene rings is 1. The molecule has 1 saturated carbocycles. The highest BCUT2D eigenvalue weighted by atomic mass is 32.2. The second kappa shape index (κ2) is 7.19. The second-order valence-electron chi connectivity index (χ2n) is 8.18. The van der Waals surface area contributed by atoms with E-state index < -0.39 is 10.0 Å². The van der Waals surface area contributed by atoms with Crippen LogP contribution in [-0.4, -0.2) is 38.4 Å². The van der Waals surface area contributed by atoms with Crippen molar-refractivity contribution in [2.45, 2.75) is 70.2 Å². The standard InChI is InChI=1S/C21H28N2O4S/c1-13-12-17-15(3)18(21(24)23-10-6-7-11-23)27-19(17)20(14(13)2)28(25,26)22-16-8-4-5-9-16/h12,16,22H,4-11H2,1-3H3. The number of carbonyl (C=O) groups excluding carboxylic acids is 1. The van der Waals surface area contributed by atoms with Crippen LogP contribution >= 0.6 is 0 Å². The van der Waals surface area contributed by atoms with E-state index in [9.17, 15) is 13.2 Å². The van der Waals surface area contributed by atoms with Gasteiger partial charge in [-0.1, -0.05) is 12.8 Å². The van der Waals surface area contributed by atoms with Crippen LogP contribution in [0.25, 0.3) is 11.0 Å². The maximum absolute atomic E-state index is 13.3. The monoisotopic (exact) mass is 404 g/mol. The molecule has 0 unspecified atom stereocenters. The maximum Gasteiger partial charge on any atom is 0.289 e. The van der Waals surface area contributed by atoms with Crippen LogP contribution in [0.3, 0.4) is 0 Å². The van der Waals surface area contributed by atoms with E-state index in [2.05, 4.69) is 4.72 Å². The van der Waals surface area contributed by atoms with E-state index in [1.54, 1.807) is 11.8 Å². The molecule has 1 aromatic carbocycles. The van der Waals surface area contributed by atoms with Gasteiger partial charge in [-0.2, -0.15) is 0 Å². The predicted octanol–water partition coefficient (Wildman–Crippen LogP) is 3.81. The molecule has 2 aliphatic rings. The zero-order chi connectivity index (χ0) is 20.1. The topological polar surface area (TPSA) is 79.6 Å². The van der Waals surface area contributed by atoms with Crippen LogP contribution in [0.15, 0.2) is 15.4 Å². The summed E-state index contributed by atoms with van der Waals surface area (Å²) in [5.74, 6) is 0.118. The fourth-order valence-electron chi connectivity index (χ4n) is 4.46. The van der Waals surface area contributed by atoms with Crippen LogP contribution in [0.5, 0.6) is 0 Å². The molecule has 1 aliphatic heterocycles. The van der Waals surface area contributed by atoms with E-state index >= 15 is 0 Å². The fraction of sp³-hybridized carbons (Fsp3) is 0.571. The number of rotatable bonds is 4. The molecule has 152 valence electrons. The number of sulfonamides is 1. The molecule has 2 heterocycles. The Kier molecular flexibility index (Phi) is 5.00. The van der Waals surface area contributed by atoms with Crippen molar-refractivity contribution in [3.8, 4) is 0 Å². The first-order chi connectivity index (χ1) is 13.3. The predicted molar refractivity (Wildman–Crippen MR) is 108 cm³/mol. The highest BCUT2D eigenvalue weighted by Gasteiger charge is 2.32. The van der Waals surface area contributed by atoms with E-state index in [1.165, 1.54) is 0 Å². The van der Waals surface area contributed by atoms with Crippen LogP contribution in [0.2, 0.25) is 0 Å². The Bertz CT molecular complexity index is 1030. The number of amides is 1. The molecule has 1 aromatic heterocycles. The number of nitrogens with zero attached hydrogens (tertiary/aromatic N) is 1. The van der Waals surface area contributed by atoms with E-state index in [4.69, 9.17) is 4.42 Å². The minimum absolute atomic E-state index is 0.0262. The van der Waals surface area contributed by atoms with Crippen LogP contribution in [-0.2, 0) is 10.0 Å². The summed E-state index contributed by atoms with van der Waals surface area (Å²) >= 11 is 0. The number of nitrogens with one attached hydrogen (secondary N) is 1. The van der Waals surface area contributed by atoms with Gasteiger partial charge in [-0.15, -0.1) is 0 Å². The molecule has 0 radical (unpaired) electrons. The van der Waals surface area contributed by atoms with Crippen LogP contribution in [0, 0.1) is 20.8 Å². The molecule has 4 rings (SSSR count). The summed E-state index contributed by atoms with van der Waals surface area (Å²) in [7, 11) is -3.74. The van der Waals surface area contributed by atoms with Crippen LogP contribution < -0.4 is 4.72 Å². The van der Waals surface area contributed by atoms with Gasteiger partial charge in [0, 0.05) is 30.1 Å². The molecule has 28 heavy (non-hydrogen) atoms. The van der Waals surface area contributed by atoms with Crippen molar-refractivity contribution in [3.05, 3.63) is 28.5 Å². The van der Waals surface area contributed by atoms with E-state index in [0.717, 1.165) is 57.2 Å². The smallest absolute Gasteiger partial charge is 0.289 e. The molecule has 6 nitrogen and oxygen atoms in total. The van der Waals surface area contributed by atoms with Gasteiger partial charge >= 0.3 is 0 Å². The molecule has 2 aromatic rings. The lowest BCUT2D eigenvalue weighted by Crippen LogP contribution is -2.33. The number of fused-ring (bicyclic) bond motifs is 1. The average Bonchev–Trinajstić information content (AvgIpc) is 3.38. The number of furan rings is 1. The number of aryl methyl sites for hydroxylation is 2. The van der Waals surface area contributed by atoms with Gasteiger partial charge in [0.25, 0.3) is 5.91 Å². The van der Waals surface area contributed by atoms with E-state index in [0.29, 0.717) is 22.1 Å². The van der Waals surface area contributed by atoms with Gasteiger partial charge in [-0.05, 0) is 63.6 Å². The zero-order valence-electron chi connectivity index (χ0n) is 16.8. The highest BCUT2D eigenvalue weighted by Crippen LogP contribution is 2.36.